The van der Waals surface area contributed by atoms with E-state index >= 15 is 0 Å². The average molecular weight is 305 g/mol. The van der Waals surface area contributed by atoms with Gasteiger partial charge in [-0.25, -0.2) is 0 Å². The fraction of sp³-hybridized carbons (Fsp3) is 0.812. The molecule has 0 aromatic carbocycles. The van der Waals surface area contributed by atoms with Crippen LogP contribution in [0.1, 0.15) is 50.8 Å². The van der Waals surface area contributed by atoms with E-state index in [1.54, 1.807) is 19.0 Å². The Morgan fingerprint density at radius 2 is 2.00 bits per heavy atom. The summed E-state index contributed by atoms with van der Waals surface area (Å²) in [6, 6.07) is 0. The first kappa shape index (κ1) is 15.3. The summed E-state index contributed by atoms with van der Waals surface area (Å²) < 4.78 is 2.07. The van der Waals surface area contributed by atoms with Gasteiger partial charge in [0.1, 0.15) is 12.4 Å². The Hall–Kier alpha value is -1.59. The van der Waals surface area contributed by atoms with E-state index < -0.39 is 0 Å². The molecule has 6 heteroatoms. The smallest absolute Gasteiger partial charge is 0.242 e. The van der Waals surface area contributed by atoms with Gasteiger partial charge >= 0.3 is 0 Å². The standard InChI is InChI=1S/C16H27N5O/c1-12-6-5-9-20(10-12)16-18-17-15(13-7-4-8-13)21(16)11-14(22)19(2)3/h12-13H,4-11H2,1-3H3. The van der Waals surface area contributed by atoms with E-state index in [4.69, 9.17) is 0 Å². The molecule has 2 aliphatic rings. The summed E-state index contributed by atoms with van der Waals surface area (Å²) in [6.45, 7) is 4.67. The van der Waals surface area contributed by atoms with E-state index in [2.05, 4.69) is 26.6 Å². The summed E-state index contributed by atoms with van der Waals surface area (Å²) in [5, 5.41) is 8.91. The van der Waals surface area contributed by atoms with Crippen LogP contribution in [-0.4, -0.2) is 52.8 Å². The number of anilines is 1. The Labute approximate surface area is 132 Å². The first-order valence-electron chi connectivity index (χ1n) is 8.44. The van der Waals surface area contributed by atoms with Crippen molar-refractivity contribution in [2.24, 2.45) is 5.92 Å². The van der Waals surface area contributed by atoms with Gasteiger partial charge in [-0.3, -0.25) is 9.36 Å². The van der Waals surface area contributed by atoms with Gasteiger partial charge in [-0.1, -0.05) is 13.3 Å². The summed E-state index contributed by atoms with van der Waals surface area (Å²) in [5.41, 5.74) is 0. The van der Waals surface area contributed by atoms with Crippen molar-refractivity contribution in [1.82, 2.24) is 19.7 Å². The zero-order valence-electron chi connectivity index (χ0n) is 14.0. The number of nitrogens with zero attached hydrogens (tertiary/aromatic N) is 5. The lowest BCUT2D eigenvalue weighted by Gasteiger charge is -2.32. The monoisotopic (exact) mass is 305 g/mol. The highest BCUT2D eigenvalue weighted by Gasteiger charge is 2.30. The van der Waals surface area contributed by atoms with Gasteiger partial charge in [-0.05, 0) is 31.6 Å². The largest absolute Gasteiger partial charge is 0.347 e. The summed E-state index contributed by atoms with van der Waals surface area (Å²) in [6.07, 6.45) is 6.07. The fourth-order valence-corrected chi connectivity index (χ4v) is 3.31. The molecule has 0 N–H and O–H groups in total. The van der Waals surface area contributed by atoms with E-state index in [1.165, 1.54) is 32.1 Å². The molecule has 2 heterocycles. The second-order valence-corrected chi connectivity index (χ2v) is 7.05. The molecule has 1 unspecified atom stereocenters. The van der Waals surface area contributed by atoms with Crippen molar-refractivity contribution < 1.29 is 4.79 Å². The Kier molecular flexibility index (Phi) is 4.36. The van der Waals surface area contributed by atoms with Crippen LogP contribution >= 0.6 is 0 Å². The topological polar surface area (TPSA) is 54.3 Å². The van der Waals surface area contributed by atoms with Gasteiger partial charge in [0, 0.05) is 33.1 Å². The van der Waals surface area contributed by atoms with Crippen LogP contribution in [0, 0.1) is 5.92 Å². The predicted molar refractivity (Wildman–Crippen MR) is 85.9 cm³/mol. The van der Waals surface area contributed by atoms with E-state index in [-0.39, 0.29) is 5.91 Å². The molecule has 1 atom stereocenters. The van der Waals surface area contributed by atoms with Gasteiger partial charge in [-0.15, -0.1) is 10.2 Å². The Balaban J connectivity index is 1.87. The number of carbonyl (C=O) groups is 1. The van der Waals surface area contributed by atoms with Crippen molar-refractivity contribution >= 4 is 11.9 Å². The van der Waals surface area contributed by atoms with Gasteiger partial charge in [0.25, 0.3) is 0 Å². The molecule has 2 fully saturated rings. The molecule has 0 bridgehead atoms. The number of rotatable bonds is 4. The second kappa shape index (κ2) is 6.26. The average Bonchev–Trinajstić information content (AvgIpc) is 2.80. The van der Waals surface area contributed by atoms with Gasteiger partial charge in [0.05, 0.1) is 0 Å². The van der Waals surface area contributed by atoms with Crippen molar-refractivity contribution in [1.29, 1.82) is 0 Å². The zero-order chi connectivity index (χ0) is 15.7. The minimum atomic E-state index is 0.103. The number of piperidine rings is 1. The van der Waals surface area contributed by atoms with E-state index in [0.717, 1.165) is 24.9 Å². The quantitative estimate of drug-likeness (QED) is 0.852. The molecule has 22 heavy (non-hydrogen) atoms. The lowest BCUT2D eigenvalue weighted by atomic mass is 9.85. The fourth-order valence-electron chi connectivity index (χ4n) is 3.31. The highest BCUT2D eigenvalue weighted by Crippen LogP contribution is 2.37. The Bertz CT molecular complexity index is 535. The zero-order valence-corrected chi connectivity index (χ0v) is 14.0. The third-order valence-corrected chi connectivity index (χ3v) is 4.96. The molecule has 122 valence electrons. The SMILES string of the molecule is CC1CCCN(c2nnc(C3CCC3)n2CC(=O)N(C)C)C1. The van der Waals surface area contributed by atoms with Crippen molar-refractivity contribution in [3.8, 4) is 0 Å². The first-order chi connectivity index (χ1) is 10.6. The van der Waals surface area contributed by atoms with Crippen LogP contribution in [0.4, 0.5) is 5.95 Å². The summed E-state index contributed by atoms with van der Waals surface area (Å²) in [4.78, 5) is 16.2. The molecule has 1 saturated heterocycles. The second-order valence-electron chi connectivity index (χ2n) is 7.05. The predicted octanol–water partition coefficient (Wildman–Crippen LogP) is 1.87. The lowest BCUT2D eigenvalue weighted by Crippen LogP contribution is -2.37. The van der Waals surface area contributed by atoms with Crippen LogP contribution in [-0.2, 0) is 11.3 Å². The Morgan fingerprint density at radius 3 is 2.59 bits per heavy atom. The van der Waals surface area contributed by atoms with E-state index in [0.29, 0.717) is 18.4 Å². The molecule has 1 aromatic heterocycles. The third kappa shape index (κ3) is 2.96. The third-order valence-electron chi connectivity index (χ3n) is 4.96. The molecular formula is C16H27N5O. The number of amides is 1. The minimum absolute atomic E-state index is 0.103. The lowest BCUT2D eigenvalue weighted by molar-refractivity contribution is -0.129. The molecule has 1 aliphatic heterocycles. The summed E-state index contributed by atoms with van der Waals surface area (Å²) in [7, 11) is 3.61. The van der Waals surface area contributed by atoms with Crippen LogP contribution < -0.4 is 4.90 Å². The normalized spacial score (nSPS) is 22.5. The summed E-state index contributed by atoms with van der Waals surface area (Å²) >= 11 is 0. The van der Waals surface area contributed by atoms with Gasteiger partial charge in [-0.2, -0.15) is 0 Å². The van der Waals surface area contributed by atoms with Crippen LogP contribution in [0.15, 0.2) is 0 Å². The molecule has 1 aromatic rings. The molecule has 6 nitrogen and oxygen atoms in total. The van der Waals surface area contributed by atoms with Gasteiger partial charge in [0.2, 0.25) is 11.9 Å². The first-order valence-corrected chi connectivity index (χ1v) is 8.44. The van der Waals surface area contributed by atoms with E-state index in [9.17, 15) is 4.79 Å². The molecule has 3 rings (SSSR count). The number of hydrogen-bond donors (Lipinski definition) is 0. The van der Waals surface area contributed by atoms with Gasteiger partial charge < -0.3 is 9.80 Å². The molecule has 0 spiro atoms. The Morgan fingerprint density at radius 1 is 1.23 bits per heavy atom. The van der Waals surface area contributed by atoms with Crippen LogP contribution in [0.5, 0.6) is 0 Å². The number of carbonyl (C=O) groups excluding carboxylic acids is 1. The number of likely N-dealkylation sites (N-methyl/N-ethyl adjacent to an activating group) is 1. The van der Waals surface area contributed by atoms with Crippen LogP contribution in [0.2, 0.25) is 0 Å². The van der Waals surface area contributed by atoms with Crippen molar-refractivity contribution in [2.75, 3.05) is 32.1 Å². The van der Waals surface area contributed by atoms with Crippen molar-refractivity contribution in [3.05, 3.63) is 5.82 Å². The van der Waals surface area contributed by atoms with Crippen molar-refractivity contribution in [2.45, 2.75) is 51.5 Å². The van der Waals surface area contributed by atoms with Crippen LogP contribution in [0.3, 0.4) is 0 Å². The van der Waals surface area contributed by atoms with E-state index in [1.807, 2.05) is 0 Å². The molecule has 1 aliphatic carbocycles. The highest BCUT2D eigenvalue weighted by atomic mass is 16.2. The van der Waals surface area contributed by atoms with Gasteiger partial charge in [0.15, 0.2) is 0 Å². The maximum absolute atomic E-state index is 12.2. The number of hydrogen-bond acceptors (Lipinski definition) is 4. The van der Waals surface area contributed by atoms with Crippen molar-refractivity contribution in [3.63, 3.8) is 0 Å². The molecular weight excluding hydrogens is 278 g/mol. The molecule has 1 amide bonds. The highest BCUT2D eigenvalue weighted by molar-refractivity contribution is 5.75. The molecule has 1 saturated carbocycles. The van der Waals surface area contributed by atoms with Crippen LogP contribution in [0.25, 0.3) is 0 Å². The maximum Gasteiger partial charge on any atom is 0.242 e. The number of aromatic nitrogens is 3. The maximum atomic E-state index is 12.2. The minimum Gasteiger partial charge on any atom is -0.347 e. The molecule has 0 radical (unpaired) electrons. The summed E-state index contributed by atoms with van der Waals surface area (Å²) in [5.74, 6) is 3.17.